The molecule has 0 spiro atoms. The monoisotopic (exact) mass is 325 g/mol. The van der Waals surface area contributed by atoms with E-state index >= 15 is 0 Å². The number of amides is 1. The Balaban J connectivity index is 0. The zero-order valence-corrected chi connectivity index (χ0v) is 13.5. The Morgan fingerprint density at radius 2 is 2.21 bits per heavy atom. The summed E-state index contributed by atoms with van der Waals surface area (Å²) >= 11 is 1.60. The molecule has 1 rings (SSSR count). The highest BCUT2D eigenvalue weighted by Crippen LogP contribution is 2.09. The Hall–Kier alpha value is -0.490. The fourth-order valence-electron chi connectivity index (χ4n) is 1.17. The summed E-state index contributed by atoms with van der Waals surface area (Å²) in [5.41, 5.74) is 1.15. The van der Waals surface area contributed by atoms with Crippen LogP contribution in [0, 0.1) is 0 Å². The highest BCUT2D eigenvalue weighted by molar-refractivity contribution is 7.99. The van der Waals surface area contributed by atoms with Gasteiger partial charge in [-0.3, -0.25) is 9.78 Å². The fraction of sp³-hybridized carbons (Fsp3) is 0.500. The van der Waals surface area contributed by atoms with Crippen molar-refractivity contribution in [3.8, 4) is 0 Å². The Labute approximate surface area is 131 Å². The summed E-state index contributed by atoms with van der Waals surface area (Å²) in [7, 11) is 1.88. The van der Waals surface area contributed by atoms with Gasteiger partial charge in [-0.1, -0.05) is 6.07 Å². The van der Waals surface area contributed by atoms with E-state index < -0.39 is 0 Å². The number of aromatic nitrogens is 1. The maximum Gasteiger partial charge on any atom is 0.230 e. The lowest BCUT2D eigenvalue weighted by molar-refractivity contribution is -0.118. The van der Waals surface area contributed by atoms with Crippen LogP contribution in [-0.4, -0.2) is 36.3 Å². The van der Waals surface area contributed by atoms with Crippen LogP contribution in [-0.2, 0) is 10.5 Å². The van der Waals surface area contributed by atoms with Crippen molar-refractivity contribution in [2.45, 2.75) is 18.7 Å². The minimum Gasteiger partial charge on any atom is -0.354 e. The van der Waals surface area contributed by atoms with Crippen molar-refractivity contribution in [1.29, 1.82) is 0 Å². The van der Waals surface area contributed by atoms with E-state index in [9.17, 15) is 4.79 Å². The molecule has 1 aromatic rings. The number of pyridine rings is 1. The van der Waals surface area contributed by atoms with E-state index in [0.29, 0.717) is 18.3 Å². The zero-order chi connectivity index (χ0) is 12.5. The van der Waals surface area contributed by atoms with Crippen LogP contribution < -0.4 is 10.6 Å². The Kier molecular flexibility index (Phi) is 13.7. The molecule has 1 aromatic heterocycles. The molecule has 4 nitrogen and oxygen atoms in total. The molecule has 7 heteroatoms. The van der Waals surface area contributed by atoms with Gasteiger partial charge in [0, 0.05) is 30.7 Å². The van der Waals surface area contributed by atoms with E-state index in [1.165, 1.54) is 0 Å². The molecular weight excluding hydrogens is 305 g/mol. The van der Waals surface area contributed by atoms with Gasteiger partial charge < -0.3 is 10.6 Å². The van der Waals surface area contributed by atoms with Crippen molar-refractivity contribution in [1.82, 2.24) is 15.6 Å². The average Bonchev–Trinajstić information content (AvgIpc) is 2.37. The SMILES string of the molecule is CNC(C)CNC(=O)CSCc1cccnc1.Cl.Cl. The number of thioether (sulfide) groups is 1. The number of halogens is 2. The summed E-state index contributed by atoms with van der Waals surface area (Å²) < 4.78 is 0. The second-order valence-electron chi connectivity index (χ2n) is 3.85. The fourth-order valence-corrected chi connectivity index (χ4v) is 1.96. The van der Waals surface area contributed by atoms with Gasteiger partial charge in [0.05, 0.1) is 5.75 Å². The Morgan fingerprint density at radius 3 is 2.79 bits per heavy atom. The molecule has 1 unspecified atom stereocenters. The second-order valence-corrected chi connectivity index (χ2v) is 4.83. The molecule has 0 aliphatic heterocycles. The van der Waals surface area contributed by atoms with E-state index in [2.05, 4.69) is 15.6 Å². The van der Waals surface area contributed by atoms with Gasteiger partial charge in [-0.15, -0.1) is 36.6 Å². The smallest absolute Gasteiger partial charge is 0.230 e. The molecule has 1 heterocycles. The quantitative estimate of drug-likeness (QED) is 0.803. The lowest BCUT2D eigenvalue weighted by Crippen LogP contribution is -2.37. The van der Waals surface area contributed by atoms with E-state index in [4.69, 9.17) is 0 Å². The van der Waals surface area contributed by atoms with Crippen LogP contribution in [0.25, 0.3) is 0 Å². The topological polar surface area (TPSA) is 54.0 Å². The second kappa shape index (κ2) is 12.5. The van der Waals surface area contributed by atoms with Crippen molar-refractivity contribution in [2.75, 3.05) is 19.3 Å². The Morgan fingerprint density at radius 1 is 1.47 bits per heavy atom. The van der Waals surface area contributed by atoms with Crippen molar-refractivity contribution < 1.29 is 4.79 Å². The van der Waals surface area contributed by atoms with Gasteiger partial charge in [-0.05, 0) is 25.6 Å². The first kappa shape index (κ1) is 20.8. The molecule has 2 N–H and O–H groups in total. The van der Waals surface area contributed by atoms with Crippen LogP contribution in [0.5, 0.6) is 0 Å². The van der Waals surface area contributed by atoms with Crippen LogP contribution in [0.1, 0.15) is 12.5 Å². The number of nitrogens with zero attached hydrogens (tertiary/aromatic N) is 1. The minimum absolute atomic E-state index is 0. The number of rotatable bonds is 7. The van der Waals surface area contributed by atoms with E-state index in [0.717, 1.165) is 11.3 Å². The largest absolute Gasteiger partial charge is 0.354 e. The normalized spacial score (nSPS) is 10.8. The third-order valence-corrected chi connectivity index (χ3v) is 3.33. The van der Waals surface area contributed by atoms with Gasteiger partial charge in [0.15, 0.2) is 0 Å². The van der Waals surface area contributed by atoms with E-state index in [-0.39, 0.29) is 30.7 Å². The van der Waals surface area contributed by atoms with Crippen LogP contribution >= 0.6 is 36.6 Å². The molecular formula is C12H21Cl2N3OS. The molecule has 0 aliphatic carbocycles. The standard InChI is InChI=1S/C12H19N3OS.2ClH/c1-10(13-2)6-15-12(16)9-17-8-11-4-3-5-14-7-11;;/h3-5,7,10,13H,6,8-9H2,1-2H3,(H,15,16);2*1H. The number of carbonyl (C=O) groups is 1. The van der Waals surface area contributed by atoms with Crippen LogP contribution in [0.15, 0.2) is 24.5 Å². The third kappa shape index (κ3) is 10.0. The zero-order valence-electron chi connectivity index (χ0n) is 11.1. The average molecular weight is 326 g/mol. The molecule has 110 valence electrons. The Bertz CT molecular complexity index is 341. The molecule has 0 fully saturated rings. The number of nitrogens with one attached hydrogen (secondary N) is 2. The molecule has 1 atom stereocenters. The summed E-state index contributed by atoms with van der Waals surface area (Å²) in [5.74, 6) is 1.40. The molecule has 0 saturated heterocycles. The predicted molar refractivity (Wildman–Crippen MR) is 86.4 cm³/mol. The van der Waals surface area contributed by atoms with Crippen molar-refractivity contribution >= 4 is 42.5 Å². The van der Waals surface area contributed by atoms with Gasteiger partial charge >= 0.3 is 0 Å². The maximum atomic E-state index is 11.5. The van der Waals surface area contributed by atoms with Crippen LogP contribution in [0.4, 0.5) is 0 Å². The minimum atomic E-state index is 0. The highest BCUT2D eigenvalue weighted by atomic mass is 35.5. The molecule has 0 bridgehead atoms. The first-order chi connectivity index (χ1) is 8.22. The molecule has 0 saturated carbocycles. The first-order valence-corrected chi connectivity index (χ1v) is 6.78. The maximum absolute atomic E-state index is 11.5. The number of carbonyl (C=O) groups excluding carboxylic acids is 1. The van der Waals surface area contributed by atoms with E-state index in [1.54, 1.807) is 18.0 Å². The number of likely N-dealkylation sites (N-methyl/N-ethyl adjacent to an activating group) is 1. The van der Waals surface area contributed by atoms with Crippen molar-refractivity contribution in [2.24, 2.45) is 0 Å². The molecule has 0 aliphatic rings. The predicted octanol–water partition coefficient (Wildman–Crippen LogP) is 1.88. The lowest BCUT2D eigenvalue weighted by Gasteiger charge is -2.11. The van der Waals surface area contributed by atoms with Gasteiger partial charge in [-0.25, -0.2) is 0 Å². The molecule has 19 heavy (non-hydrogen) atoms. The third-order valence-electron chi connectivity index (χ3n) is 2.32. The molecule has 0 radical (unpaired) electrons. The first-order valence-electron chi connectivity index (χ1n) is 5.63. The summed E-state index contributed by atoms with van der Waals surface area (Å²) in [6.07, 6.45) is 3.58. The summed E-state index contributed by atoms with van der Waals surface area (Å²) in [5, 5.41) is 5.95. The molecule has 0 aromatic carbocycles. The summed E-state index contributed by atoms with van der Waals surface area (Å²) in [6.45, 7) is 2.70. The molecule has 1 amide bonds. The summed E-state index contributed by atoms with van der Waals surface area (Å²) in [4.78, 5) is 15.5. The van der Waals surface area contributed by atoms with Crippen LogP contribution in [0.3, 0.4) is 0 Å². The summed E-state index contributed by atoms with van der Waals surface area (Å²) in [6, 6.07) is 4.23. The van der Waals surface area contributed by atoms with Gasteiger partial charge in [0.1, 0.15) is 0 Å². The van der Waals surface area contributed by atoms with Crippen LogP contribution in [0.2, 0.25) is 0 Å². The lowest BCUT2D eigenvalue weighted by atomic mass is 10.3. The van der Waals surface area contributed by atoms with Gasteiger partial charge in [-0.2, -0.15) is 0 Å². The van der Waals surface area contributed by atoms with E-state index in [1.807, 2.05) is 32.3 Å². The highest BCUT2D eigenvalue weighted by Gasteiger charge is 2.03. The van der Waals surface area contributed by atoms with Gasteiger partial charge in [0.2, 0.25) is 5.91 Å². The number of hydrogen-bond donors (Lipinski definition) is 2. The van der Waals surface area contributed by atoms with Crippen molar-refractivity contribution in [3.63, 3.8) is 0 Å². The van der Waals surface area contributed by atoms with Crippen molar-refractivity contribution in [3.05, 3.63) is 30.1 Å². The number of hydrogen-bond acceptors (Lipinski definition) is 4. The van der Waals surface area contributed by atoms with Gasteiger partial charge in [0.25, 0.3) is 0 Å².